The Bertz CT molecular complexity index is 432. The lowest BCUT2D eigenvalue weighted by Gasteiger charge is -2.34. The molecule has 1 aliphatic carbocycles. The molecule has 1 aromatic carbocycles. The fraction of sp³-hybridized carbons (Fsp3) is 0.667. The van der Waals surface area contributed by atoms with Gasteiger partial charge in [-0.2, -0.15) is 0 Å². The van der Waals surface area contributed by atoms with Crippen LogP contribution in [0.4, 0.5) is 0 Å². The second kappa shape index (κ2) is 6.91. The van der Waals surface area contributed by atoms with Crippen LogP contribution >= 0.6 is 0 Å². The Hall–Kier alpha value is -0.900. The Morgan fingerprint density at radius 3 is 2.86 bits per heavy atom. The Morgan fingerprint density at radius 1 is 1.29 bits per heavy atom. The SMILES string of the molecule is CC1(c2ccccc2)CN(CCOCC2CC2)CCCN1. The summed E-state index contributed by atoms with van der Waals surface area (Å²) in [5.74, 6) is 0.866. The molecule has 2 fully saturated rings. The normalized spacial score (nSPS) is 27.5. The van der Waals surface area contributed by atoms with Crippen LogP contribution in [-0.2, 0) is 10.3 Å². The quantitative estimate of drug-likeness (QED) is 0.814. The molecule has 1 aromatic rings. The van der Waals surface area contributed by atoms with Crippen molar-refractivity contribution < 1.29 is 4.74 Å². The van der Waals surface area contributed by atoms with Gasteiger partial charge < -0.3 is 10.1 Å². The van der Waals surface area contributed by atoms with E-state index in [1.54, 1.807) is 0 Å². The molecule has 1 aliphatic heterocycles. The zero-order valence-electron chi connectivity index (χ0n) is 13.2. The molecule has 3 heteroatoms. The molecule has 0 aromatic heterocycles. The van der Waals surface area contributed by atoms with Gasteiger partial charge in [-0.1, -0.05) is 30.3 Å². The van der Waals surface area contributed by atoms with Crippen LogP contribution in [0.25, 0.3) is 0 Å². The van der Waals surface area contributed by atoms with Gasteiger partial charge in [0.05, 0.1) is 12.1 Å². The molecule has 3 nitrogen and oxygen atoms in total. The van der Waals surface area contributed by atoms with Gasteiger partial charge in [-0.05, 0) is 50.8 Å². The maximum Gasteiger partial charge on any atom is 0.0593 e. The molecule has 2 aliphatic rings. The van der Waals surface area contributed by atoms with Gasteiger partial charge in [0.25, 0.3) is 0 Å². The molecule has 3 rings (SSSR count). The summed E-state index contributed by atoms with van der Waals surface area (Å²) in [7, 11) is 0. The zero-order valence-corrected chi connectivity index (χ0v) is 13.2. The van der Waals surface area contributed by atoms with Crippen molar-refractivity contribution >= 4 is 0 Å². The van der Waals surface area contributed by atoms with Crippen LogP contribution in [0.3, 0.4) is 0 Å². The van der Waals surface area contributed by atoms with Crippen molar-refractivity contribution in [3.05, 3.63) is 35.9 Å². The van der Waals surface area contributed by atoms with Gasteiger partial charge in [0.15, 0.2) is 0 Å². The fourth-order valence-electron chi connectivity index (χ4n) is 3.17. The number of ether oxygens (including phenoxy) is 1. The molecule has 0 radical (unpaired) electrons. The summed E-state index contributed by atoms with van der Waals surface area (Å²) in [6, 6.07) is 10.8. The largest absolute Gasteiger partial charge is 0.380 e. The van der Waals surface area contributed by atoms with Crippen molar-refractivity contribution in [2.24, 2.45) is 5.92 Å². The zero-order chi connectivity index (χ0) is 14.5. The fourth-order valence-corrected chi connectivity index (χ4v) is 3.17. The van der Waals surface area contributed by atoms with Crippen LogP contribution in [0.5, 0.6) is 0 Å². The Kier molecular flexibility index (Phi) is 4.94. The van der Waals surface area contributed by atoms with E-state index in [0.717, 1.165) is 38.8 Å². The lowest BCUT2D eigenvalue weighted by atomic mass is 9.91. The summed E-state index contributed by atoms with van der Waals surface area (Å²) in [5.41, 5.74) is 1.43. The van der Waals surface area contributed by atoms with Crippen molar-refractivity contribution in [2.75, 3.05) is 39.4 Å². The minimum Gasteiger partial charge on any atom is -0.380 e. The highest BCUT2D eigenvalue weighted by Crippen LogP contribution is 2.28. The minimum absolute atomic E-state index is 0.0499. The molecule has 116 valence electrons. The average molecular weight is 288 g/mol. The highest BCUT2D eigenvalue weighted by molar-refractivity contribution is 5.24. The molecule has 1 unspecified atom stereocenters. The lowest BCUT2D eigenvalue weighted by Crippen LogP contribution is -2.47. The van der Waals surface area contributed by atoms with Gasteiger partial charge >= 0.3 is 0 Å². The molecule has 21 heavy (non-hydrogen) atoms. The van der Waals surface area contributed by atoms with Crippen molar-refractivity contribution in [3.8, 4) is 0 Å². The van der Waals surface area contributed by atoms with E-state index in [-0.39, 0.29) is 5.54 Å². The maximum absolute atomic E-state index is 5.81. The van der Waals surface area contributed by atoms with E-state index < -0.39 is 0 Å². The monoisotopic (exact) mass is 288 g/mol. The molecular weight excluding hydrogens is 260 g/mol. The summed E-state index contributed by atoms with van der Waals surface area (Å²) in [5, 5.41) is 3.74. The Labute approximate surface area is 128 Å². The standard InChI is InChI=1S/C18H28N2O/c1-18(17-6-3-2-4-7-17)15-20(11-5-10-19-18)12-13-21-14-16-8-9-16/h2-4,6-7,16,19H,5,8-15H2,1H3. The van der Waals surface area contributed by atoms with Crippen LogP contribution in [0.15, 0.2) is 30.3 Å². The summed E-state index contributed by atoms with van der Waals surface area (Å²) in [4.78, 5) is 2.56. The van der Waals surface area contributed by atoms with E-state index in [9.17, 15) is 0 Å². The smallest absolute Gasteiger partial charge is 0.0593 e. The van der Waals surface area contributed by atoms with Crippen LogP contribution in [0.1, 0.15) is 31.7 Å². The summed E-state index contributed by atoms with van der Waals surface area (Å²) < 4.78 is 5.81. The number of hydrogen-bond donors (Lipinski definition) is 1. The van der Waals surface area contributed by atoms with Crippen molar-refractivity contribution in [1.29, 1.82) is 0 Å². The number of benzene rings is 1. The number of nitrogens with one attached hydrogen (secondary N) is 1. The minimum atomic E-state index is 0.0499. The van der Waals surface area contributed by atoms with Crippen LogP contribution in [-0.4, -0.2) is 44.3 Å². The van der Waals surface area contributed by atoms with Crippen LogP contribution < -0.4 is 5.32 Å². The third kappa shape index (κ3) is 4.29. The highest BCUT2D eigenvalue weighted by atomic mass is 16.5. The van der Waals surface area contributed by atoms with Crippen molar-refractivity contribution in [2.45, 2.75) is 31.7 Å². The molecule has 1 atom stereocenters. The average Bonchev–Trinajstić information content (AvgIpc) is 3.33. The Balaban J connectivity index is 1.54. The molecule has 0 amide bonds. The van der Waals surface area contributed by atoms with E-state index in [1.807, 2.05) is 0 Å². The second-order valence-corrected chi connectivity index (χ2v) is 6.77. The van der Waals surface area contributed by atoms with E-state index in [0.29, 0.717) is 0 Å². The highest BCUT2D eigenvalue weighted by Gasteiger charge is 2.30. The molecule has 1 saturated carbocycles. The first-order valence-corrected chi connectivity index (χ1v) is 8.37. The van der Waals surface area contributed by atoms with Gasteiger partial charge in [-0.15, -0.1) is 0 Å². The Morgan fingerprint density at radius 2 is 2.10 bits per heavy atom. The van der Waals surface area contributed by atoms with Crippen LogP contribution in [0.2, 0.25) is 0 Å². The molecule has 0 bridgehead atoms. The van der Waals surface area contributed by atoms with Crippen molar-refractivity contribution in [3.63, 3.8) is 0 Å². The molecule has 1 heterocycles. The van der Waals surface area contributed by atoms with E-state index in [1.165, 1.54) is 31.4 Å². The molecule has 1 N–H and O–H groups in total. The van der Waals surface area contributed by atoms with E-state index in [2.05, 4.69) is 47.5 Å². The van der Waals surface area contributed by atoms with E-state index in [4.69, 9.17) is 4.74 Å². The first-order chi connectivity index (χ1) is 10.3. The van der Waals surface area contributed by atoms with Gasteiger partial charge in [0.2, 0.25) is 0 Å². The first kappa shape index (κ1) is 15.0. The predicted molar refractivity (Wildman–Crippen MR) is 86.4 cm³/mol. The topological polar surface area (TPSA) is 24.5 Å². The second-order valence-electron chi connectivity index (χ2n) is 6.77. The van der Waals surface area contributed by atoms with Gasteiger partial charge in [-0.25, -0.2) is 0 Å². The first-order valence-electron chi connectivity index (χ1n) is 8.37. The van der Waals surface area contributed by atoms with Gasteiger partial charge in [0.1, 0.15) is 0 Å². The molecule has 0 spiro atoms. The van der Waals surface area contributed by atoms with E-state index >= 15 is 0 Å². The van der Waals surface area contributed by atoms with Gasteiger partial charge in [-0.3, -0.25) is 4.90 Å². The third-order valence-corrected chi connectivity index (χ3v) is 4.72. The summed E-state index contributed by atoms with van der Waals surface area (Å²) >= 11 is 0. The maximum atomic E-state index is 5.81. The third-order valence-electron chi connectivity index (χ3n) is 4.72. The molecular formula is C18H28N2O. The van der Waals surface area contributed by atoms with Gasteiger partial charge in [0, 0.05) is 19.7 Å². The number of rotatable bonds is 6. The predicted octanol–water partition coefficient (Wildman–Crippen LogP) is 2.62. The summed E-state index contributed by atoms with van der Waals surface area (Å²) in [6.45, 7) is 8.54. The lowest BCUT2D eigenvalue weighted by molar-refractivity contribution is 0.0903. The van der Waals surface area contributed by atoms with Crippen molar-refractivity contribution in [1.82, 2.24) is 10.2 Å². The number of nitrogens with zero attached hydrogens (tertiary/aromatic N) is 1. The number of hydrogen-bond acceptors (Lipinski definition) is 3. The molecule has 1 saturated heterocycles. The summed E-state index contributed by atoms with van der Waals surface area (Å²) in [6.07, 6.45) is 3.96. The van der Waals surface area contributed by atoms with Crippen LogP contribution in [0, 0.1) is 5.92 Å².